The number of alkyl halides is 1. The van der Waals surface area contributed by atoms with Crippen molar-refractivity contribution in [2.75, 3.05) is 25.1 Å². The number of anilines is 1. The first kappa shape index (κ1) is 39.4. The van der Waals surface area contributed by atoms with Crippen LogP contribution in [0.1, 0.15) is 62.8 Å². The normalized spacial score (nSPS) is 26.4. The Balaban J connectivity index is 1.57. The largest absolute Gasteiger partial charge is 0.455 e. The Hall–Kier alpha value is -3.80. The molecule has 1 spiro atoms. The van der Waals surface area contributed by atoms with Crippen LogP contribution < -0.4 is 4.90 Å². The maximum absolute atomic E-state index is 15.1. The number of likely N-dealkylation sites (N-methyl/N-ethyl adjacent to an activating group) is 1. The van der Waals surface area contributed by atoms with E-state index < -0.39 is 59.6 Å². The second kappa shape index (κ2) is 16.1. The quantitative estimate of drug-likeness (QED) is 0.141. The van der Waals surface area contributed by atoms with E-state index in [1.807, 2.05) is 83.1 Å². The molecule has 2 bridgehead atoms. The van der Waals surface area contributed by atoms with Crippen LogP contribution in [0, 0.1) is 31.6 Å². The lowest BCUT2D eigenvalue weighted by atomic mass is 9.70. The molecule has 280 valence electrons. The molecule has 0 saturated carbocycles. The van der Waals surface area contributed by atoms with Gasteiger partial charge in [0, 0.05) is 30.5 Å². The highest BCUT2D eigenvalue weighted by Crippen LogP contribution is 2.61. The van der Waals surface area contributed by atoms with E-state index in [1.165, 1.54) is 4.90 Å². The smallest absolute Gasteiger partial charge is 0.313 e. The fourth-order valence-electron chi connectivity index (χ4n) is 8.31. The number of carbonyl (C=O) groups excluding carboxylic acids is 4. The van der Waals surface area contributed by atoms with E-state index >= 15 is 4.79 Å². The van der Waals surface area contributed by atoms with Gasteiger partial charge in [0.1, 0.15) is 17.7 Å². The van der Waals surface area contributed by atoms with Gasteiger partial charge in [-0.2, -0.15) is 0 Å². The van der Waals surface area contributed by atoms with Crippen LogP contribution in [0.3, 0.4) is 0 Å². The minimum Gasteiger partial charge on any atom is -0.455 e. The summed E-state index contributed by atoms with van der Waals surface area (Å²) in [5, 5.41) is 10.7. The Morgan fingerprint density at radius 2 is 1.81 bits per heavy atom. The molecule has 1 unspecified atom stereocenters. The Kier molecular flexibility index (Phi) is 12.2. The molecule has 5 rings (SSSR count). The van der Waals surface area contributed by atoms with Gasteiger partial charge in [0.15, 0.2) is 0 Å². The van der Waals surface area contributed by atoms with Crippen molar-refractivity contribution in [2.24, 2.45) is 17.8 Å². The lowest BCUT2D eigenvalue weighted by Crippen LogP contribution is -2.60. The number of aryl methyl sites for hydroxylation is 2. The van der Waals surface area contributed by atoms with Crippen LogP contribution in [0.15, 0.2) is 73.8 Å². The average molecular weight is 779 g/mol. The van der Waals surface area contributed by atoms with E-state index in [1.54, 1.807) is 29.0 Å². The number of nitrogens with zero attached hydrogens (tertiary/aromatic N) is 3. The highest BCUT2D eigenvalue weighted by Gasteiger charge is 2.78. The van der Waals surface area contributed by atoms with Crippen molar-refractivity contribution in [1.82, 2.24) is 9.80 Å². The van der Waals surface area contributed by atoms with Crippen molar-refractivity contribution in [3.05, 3.63) is 90.5 Å². The van der Waals surface area contributed by atoms with Crippen LogP contribution in [-0.4, -0.2) is 93.5 Å². The number of aliphatic hydroxyl groups is 1. The molecular formula is C41H52BrN3O7. The minimum atomic E-state index is -1.37. The molecular weight excluding hydrogens is 726 g/mol. The van der Waals surface area contributed by atoms with Gasteiger partial charge >= 0.3 is 5.97 Å². The molecule has 2 aromatic rings. The van der Waals surface area contributed by atoms with Gasteiger partial charge in [-0.1, -0.05) is 84.4 Å². The summed E-state index contributed by atoms with van der Waals surface area (Å²) in [6.45, 7) is 16.9. The van der Waals surface area contributed by atoms with Gasteiger partial charge in [-0.3, -0.25) is 19.2 Å². The molecule has 3 fully saturated rings. The van der Waals surface area contributed by atoms with Crippen molar-refractivity contribution in [3.8, 4) is 0 Å². The van der Waals surface area contributed by atoms with E-state index in [2.05, 4.69) is 29.1 Å². The summed E-state index contributed by atoms with van der Waals surface area (Å²) >= 11 is 3.76. The van der Waals surface area contributed by atoms with E-state index in [0.29, 0.717) is 24.1 Å². The number of benzene rings is 2. The molecule has 11 heteroatoms. The van der Waals surface area contributed by atoms with Crippen LogP contribution >= 0.6 is 15.9 Å². The Morgan fingerprint density at radius 1 is 1.12 bits per heavy atom. The van der Waals surface area contributed by atoms with Crippen LogP contribution in [0.4, 0.5) is 5.69 Å². The van der Waals surface area contributed by atoms with Gasteiger partial charge < -0.3 is 29.3 Å². The monoisotopic (exact) mass is 777 g/mol. The minimum absolute atomic E-state index is 0.119. The first-order valence-corrected chi connectivity index (χ1v) is 19.0. The van der Waals surface area contributed by atoms with Gasteiger partial charge in [-0.15, -0.1) is 13.2 Å². The van der Waals surface area contributed by atoms with Crippen LogP contribution in [0.5, 0.6) is 0 Å². The molecule has 0 radical (unpaired) electrons. The maximum Gasteiger partial charge on any atom is 0.313 e. The number of carbonyl (C=O) groups is 4. The summed E-state index contributed by atoms with van der Waals surface area (Å²) in [4.78, 5) is 62.1. The van der Waals surface area contributed by atoms with Crippen LogP contribution in [0.2, 0.25) is 0 Å². The van der Waals surface area contributed by atoms with Crippen molar-refractivity contribution in [3.63, 3.8) is 0 Å². The third kappa shape index (κ3) is 6.99. The average Bonchev–Trinajstić information content (AvgIpc) is 3.72. The first-order chi connectivity index (χ1) is 24.7. The lowest BCUT2D eigenvalue weighted by molar-refractivity contribution is -0.165. The van der Waals surface area contributed by atoms with Gasteiger partial charge in [0.2, 0.25) is 11.8 Å². The van der Waals surface area contributed by atoms with Crippen LogP contribution in [0.25, 0.3) is 0 Å². The molecule has 3 aliphatic heterocycles. The zero-order valence-corrected chi connectivity index (χ0v) is 32.6. The van der Waals surface area contributed by atoms with E-state index in [0.717, 1.165) is 11.1 Å². The maximum atomic E-state index is 15.1. The van der Waals surface area contributed by atoms with Gasteiger partial charge in [0.05, 0.1) is 36.6 Å². The third-order valence-corrected chi connectivity index (χ3v) is 12.0. The van der Waals surface area contributed by atoms with Gasteiger partial charge in [0.25, 0.3) is 5.91 Å². The second-order valence-corrected chi connectivity index (χ2v) is 15.9. The van der Waals surface area contributed by atoms with Gasteiger partial charge in [-0.25, -0.2) is 0 Å². The lowest BCUT2D eigenvalue weighted by Gasteiger charge is -2.40. The number of halogens is 1. The number of aliphatic hydroxyl groups excluding tert-OH is 1. The zero-order valence-electron chi connectivity index (χ0n) is 31.0. The zero-order chi connectivity index (χ0) is 38.1. The van der Waals surface area contributed by atoms with Crippen molar-refractivity contribution in [2.45, 2.75) is 94.6 Å². The molecule has 3 saturated heterocycles. The molecule has 1 N–H and O–H groups in total. The number of ether oxygens (including phenoxy) is 2. The highest BCUT2D eigenvalue weighted by molar-refractivity contribution is 9.09. The van der Waals surface area contributed by atoms with Crippen LogP contribution in [-0.2, 0) is 28.7 Å². The summed E-state index contributed by atoms with van der Waals surface area (Å²) in [6, 6.07) is 12.7. The molecule has 9 atom stereocenters. The van der Waals surface area contributed by atoms with Crippen molar-refractivity contribution < 1.29 is 33.8 Å². The van der Waals surface area contributed by atoms with Gasteiger partial charge in [-0.05, 0) is 62.3 Å². The van der Waals surface area contributed by atoms with Crippen molar-refractivity contribution in [1.29, 1.82) is 0 Å². The summed E-state index contributed by atoms with van der Waals surface area (Å²) in [6.07, 6.45) is 2.81. The fraction of sp³-hybridized carbons (Fsp3) is 0.512. The first-order valence-electron chi connectivity index (χ1n) is 18.1. The number of likely N-dealkylation sites (tertiary alicyclic amines) is 1. The number of esters is 1. The number of fused-ring (bicyclic) bond motifs is 1. The van der Waals surface area contributed by atoms with Crippen molar-refractivity contribution >= 4 is 45.3 Å². The predicted octanol–water partition coefficient (Wildman–Crippen LogP) is 5.68. The van der Waals surface area contributed by atoms with E-state index in [4.69, 9.17) is 9.47 Å². The standard InChI is InChI=1S/C41H52BrN3O7/c1-9-11-17-32(47)43(8)27(7)35(28-15-13-12-14-16-28)51-40(50)33-34-38(48)45(31(23-46)24(3)4)37(41(34)22-29(42)36(33)52-41)39(49)44(20-10-2)30-21-25(5)18-19-26(30)6/h9-10,12-16,18-19,21,24,27,29,31,33-37,46H,1-2,11,17,20,22-23H2,3-8H3/t27-,29?,31+,33-,34+,35+,36-,37-,41+/m1/s1. The second-order valence-electron chi connectivity index (χ2n) is 14.8. The summed E-state index contributed by atoms with van der Waals surface area (Å²) in [7, 11) is 1.69. The summed E-state index contributed by atoms with van der Waals surface area (Å²) < 4.78 is 13.2. The third-order valence-electron chi connectivity index (χ3n) is 11.2. The Labute approximate surface area is 315 Å². The number of allylic oxidation sites excluding steroid dienone is 1. The molecule has 52 heavy (non-hydrogen) atoms. The SMILES string of the molecule is C=CCCC(=O)N(C)[C@H](C)[C@H](OC(=O)[C@H]1[C@@H]2O[C@@]3(CC2Br)[C@@H]1C(=O)N([C@@H](CO)C(C)C)[C@@H]3C(=O)N(CC=C)c1cc(C)ccc1C)c1ccccc1. The molecule has 3 aliphatic rings. The highest BCUT2D eigenvalue weighted by atomic mass is 79.9. The molecule has 0 aromatic heterocycles. The molecule has 0 aliphatic carbocycles. The number of amides is 3. The van der Waals surface area contributed by atoms with E-state index in [-0.39, 0.29) is 42.1 Å². The fourth-order valence-corrected chi connectivity index (χ4v) is 9.25. The summed E-state index contributed by atoms with van der Waals surface area (Å²) in [5.41, 5.74) is 1.85. The predicted molar refractivity (Wildman–Crippen MR) is 204 cm³/mol. The molecule has 3 heterocycles. The summed E-state index contributed by atoms with van der Waals surface area (Å²) in [5.74, 6) is -3.85. The molecule has 2 aromatic carbocycles. The number of hydrogen-bond donors (Lipinski definition) is 1. The number of hydrogen-bond acceptors (Lipinski definition) is 7. The van der Waals surface area contributed by atoms with E-state index in [9.17, 15) is 19.5 Å². The Morgan fingerprint density at radius 3 is 2.42 bits per heavy atom. The number of rotatable bonds is 15. The Bertz CT molecular complexity index is 1680. The topological polar surface area (TPSA) is 117 Å². The molecule has 10 nitrogen and oxygen atoms in total. The molecule has 3 amide bonds.